The van der Waals surface area contributed by atoms with Gasteiger partial charge in [0, 0.05) is 36.7 Å². The lowest BCUT2D eigenvalue weighted by Gasteiger charge is -2.36. The van der Waals surface area contributed by atoms with E-state index >= 15 is 0 Å². The smallest absolute Gasteiger partial charge is 0.225 e. The highest BCUT2D eigenvalue weighted by Gasteiger charge is 2.43. The van der Waals surface area contributed by atoms with Crippen molar-refractivity contribution in [1.82, 2.24) is 29.3 Å². The van der Waals surface area contributed by atoms with Crippen molar-refractivity contribution in [1.29, 1.82) is 0 Å². The highest BCUT2D eigenvalue weighted by Crippen LogP contribution is 2.43. The Morgan fingerprint density at radius 3 is 2.82 bits per heavy atom. The third-order valence-corrected chi connectivity index (χ3v) is 6.69. The van der Waals surface area contributed by atoms with Gasteiger partial charge in [-0.05, 0) is 33.6 Å². The molecular weight excluding hydrogens is 376 g/mol. The van der Waals surface area contributed by atoms with E-state index in [9.17, 15) is 4.79 Å². The molecule has 0 unspecified atom stereocenters. The number of rotatable bonds is 3. The normalized spacial score (nSPS) is 20.8. The summed E-state index contributed by atoms with van der Waals surface area (Å²) in [6.07, 6.45) is 5.22. The van der Waals surface area contributed by atoms with E-state index in [4.69, 9.17) is 11.6 Å². The fourth-order valence-corrected chi connectivity index (χ4v) is 4.94. The molecule has 0 radical (unpaired) electrons. The maximum Gasteiger partial charge on any atom is 0.225 e. The molecule has 2 atom stereocenters. The van der Waals surface area contributed by atoms with Crippen LogP contribution in [0, 0.1) is 20.8 Å². The van der Waals surface area contributed by atoms with Gasteiger partial charge in [0.25, 0.3) is 0 Å². The first-order valence-corrected chi connectivity index (χ1v) is 10.2. The lowest BCUT2D eigenvalue weighted by Crippen LogP contribution is -2.43. The molecule has 28 heavy (non-hydrogen) atoms. The molecule has 5 rings (SSSR count). The van der Waals surface area contributed by atoms with E-state index in [0.717, 1.165) is 47.6 Å². The van der Waals surface area contributed by atoms with E-state index < -0.39 is 0 Å². The summed E-state index contributed by atoms with van der Waals surface area (Å²) in [6.45, 7) is 6.37. The van der Waals surface area contributed by atoms with E-state index in [0.29, 0.717) is 18.0 Å². The zero-order valence-electron chi connectivity index (χ0n) is 16.3. The maximum absolute atomic E-state index is 13.1. The van der Waals surface area contributed by atoms with Crippen molar-refractivity contribution in [2.45, 2.75) is 65.1 Å². The van der Waals surface area contributed by atoms with Crippen molar-refractivity contribution < 1.29 is 4.79 Å². The highest BCUT2D eigenvalue weighted by atomic mass is 35.5. The van der Waals surface area contributed by atoms with Gasteiger partial charge in [-0.1, -0.05) is 11.6 Å². The summed E-state index contributed by atoms with van der Waals surface area (Å²) in [6, 6.07) is 2.34. The standard InChI is InChI=1S/C20H23ClN6O/c1-11-8-18-22-10-15-16-5-4-14(9-17(15)27(18)23-11)26(16)19(28)6-7-25-13(3)20(21)12(2)24-25/h8,10,14,16H,4-7,9H2,1-3H3/t14-,16+/m0/s1. The minimum atomic E-state index is 0.103. The van der Waals surface area contributed by atoms with Gasteiger partial charge in [-0.25, -0.2) is 9.50 Å². The van der Waals surface area contributed by atoms with Gasteiger partial charge < -0.3 is 4.90 Å². The second kappa shape index (κ2) is 6.30. The molecule has 0 spiro atoms. The van der Waals surface area contributed by atoms with Crippen molar-refractivity contribution in [2.75, 3.05) is 0 Å². The molecule has 0 aromatic carbocycles. The van der Waals surface area contributed by atoms with E-state index in [1.165, 1.54) is 5.69 Å². The molecule has 1 saturated heterocycles. The van der Waals surface area contributed by atoms with Crippen LogP contribution in [-0.4, -0.2) is 41.2 Å². The number of nitrogens with zero attached hydrogens (tertiary/aromatic N) is 6. The Balaban J connectivity index is 1.40. The molecule has 8 heteroatoms. The third-order valence-electron chi connectivity index (χ3n) is 6.15. The summed E-state index contributed by atoms with van der Waals surface area (Å²) in [5, 5.41) is 9.75. The topological polar surface area (TPSA) is 68.3 Å². The second-order valence-corrected chi connectivity index (χ2v) is 8.30. The van der Waals surface area contributed by atoms with Crippen LogP contribution >= 0.6 is 11.6 Å². The molecule has 146 valence electrons. The first-order chi connectivity index (χ1) is 13.4. The van der Waals surface area contributed by atoms with Gasteiger partial charge >= 0.3 is 0 Å². The summed E-state index contributed by atoms with van der Waals surface area (Å²) in [7, 11) is 0. The molecule has 1 fully saturated rings. The number of carbonyl (C=O) groups is 1. The van der Waals surface area contributed by atoms with Crippen molar-refractivity contribution >= 4 is 23.2 Å². The van der Waals surface area contributed by atoms with Crippen LogP contribution in [0.5, 0.6) is 0 Å². The van der Waals surface area contributed by atoms with E-state index in [1.807, 2.05) is 42.2 Å². The van der Waals surface area contributed by atoms with E-state index in [1.54, 1.807) is 0 Å². The molecule has 3 aromatic heterocycles. The number of hydrogen-bond acceptors (Lipinski definition) is 4. The molecule has 2 aliphatic rings. The minimum absolute atomic E-state index is 0.103. The molecule has 2 aliphatic heterocycles. The SMILES string of the molecule is Cc1cc2ncc3c(n2n1)C[C@@H]1CC[C@H]3N1C(=O)CCn1nc(C)c(Cl)c1C. The number of aromatic nitrogens is 5. The van der Waals surface area contributed by atoms with Gasteiger partial charge in [0.05, 0.1) is 40.4 Å². The predicted octanol–water partition coefficient (Wildman–Crippen LogP) is 3.18. The summed E-state index contributed by atoms with van der Waals surface area (Å²) in [5.41, 5.74) is 5.93. The molecule has 7 nitrogen and oxygen atoms in total. The predicted molar refractivity (Wildman–Crippen MR) is 105 cm³/mol. The van der Waals surface area contributed by atoms with Crippen LogP contribution in [0.2, 0.25) is 5.02 Å². The van der Waals surface area contributed by atoms with Crippen LogP contribution in [-0.2, 0) is 17.8 Å². The van der Waals surface area contributed by atoms with Crippen molar-refractivity contribution in [3.8, 4) is 0 Å². The van der Waals surface area contributed by atoms with Gasteiger partial charge in [0.1, 0.15) is 0 Å². The fourth-order valence-electron chi connectivity index (χ4n) is 4.80. The molecule has 0 aliphatic carbocycles. The number of amides is 1. The van der Waals surface area contributed by atoms with Crippen molar-refractivity contribution in [2.24, 2.45) is 0 Å². The summed E-state index contributed by atoms with van der Waals surface area (Å²) >= 11 is 6.23. The Labute approximate surface area is 168 Å². The molecule has 0 N–H and O–H groups in total. The van der Waals surface area contributed by atoms with Crippen LogP contribution in [0.25, 0.3) is 5.65 Å². The quantitative estimate of drug-likeness (QED) is 0.679. The van der Waals surface area contributed by atoms with E-state index in [2.05, 4.69) is 20.1 Å². The van der Waals surface area contributed by atoms with Gasteiger partial charge in [-0.15, -0.1) is 0 Å². The number of fused-ring (bicyclic) bond motifs is 6. The molecule has 1 amide bonds. The fraction of sp³-hybridized carbons (Fsp3) is 0.500. The number of aryl methyl sites for hydroxylation is 3. The number of halogens is 1. The Morgan fingerprint density at radius 2 is 2.07 bits per heavy atom. The highest BCUT2D eigenvalue weighted by molar-refractivity contribution is 6.31. The van der Waals surface area contributed by atoms with Crippen LogP contribution in [0.3, 0.4) is 0 Å². The summed E-state index contributed by atoms with van der Waals surface area (Å²) in [4.78, 5) is 19.8. The lowest BCUT2D eigenvalue weighted by molar-refractivity contribution is -0.135. The zero-order valence-corrected chi connectivity index (χ0v) is 17.1. The number of hydrogen-bond donors (Lipinski definition) is 0. The summed E-state index contributed by atoms with van der Waals surface area (Å²) in [5.74, 6) is 0.179. The molecule has 2 bridgehead atoms. The summed E-state index contributed by atoms with van der Waals surface area (Å²) < 4.78 is 3.81. The van der Waals surface area contributed by atoms with Crippen molar-refractivity contribution in [3.05, 3.63) is 45.6 Å². The van der Waals surface area contributed by atoms with Gasteiger partial charge in [0.2, 0.25) is 5.91 Å². The van der Waals surface area contributed by atoms with Crippen LogP contribution in [0.15, 0.2) is 12.3 Å². The third kappa shape index (κ3) is 2.56. The monoisotopic (exact) mass is 398 g/mol. The Hall–Kier alpha value is -2.41. The van der Waals surface area contributed by atoms with Gasteiger partial charge in [0.15, 0.2) is 5.65 Å². The van der Waals surface area contributed by atoms with Crippen LogP contribution in [0.4, 0.5) is 0 Å². The van der Waals surface area contributed by atoms with Gasteiger partial charge in [-0.3, -0.25) is 9.48 Å². The zero-order chi connectivity index (χ0) is 19.6. The minimum Gasteiger partial charge on any atom is -0.332 e. The molecular formula is C20H23ClN6O. The van der Waals surface area contributed by atoms with Gasteiger partial charge in [-0.2, -0.15) is 10.2 Å². The first-order valence-electron chi connectivity index (χ1n) is 9.79. The first kappa shape index (κ1) is 17.7. The Bertz CT molecular complexity index is 1100. The molecule has 5 heterocycles. The second-order valence-electron chi connectivity index (χ2n) is 7.93. The Kier molecular flexibility index (Phi) is 3.98. The average Bonchev–Trinajstić information content (AvgIpc) is 3.29. The number of carbonyl (C=O) groups excluding carboxylic acids is 1. The molecule has 3 aromatic rings. The van der Waals surface area contributed by atoms with Crippen molar-refractivity contribution in [3.63, 3.8) is 0 Å². The Morgan fingerprint density at radius 1 is 1.25 bits per heavy atom. The maximum atomic E-state index is 13.1. The lowest BCUT2D eigenvalue weighted by atomic mass is 9.98. The average molecular weight is 399 g/mol. The molecule has 0 saturated carbocycles. The van der Waals surface area contributed by atoms with Crippen LogP contribution in [0.1, 0.15) is 53.6 Å². The van der Waals surface area contributed by atoms with Crippen LogP contribution < -0.4 is 0 Å². The largest absolute Gasteiger partial charge is 0.332 e. The van der Waals surface area contributed by atoms with E-state index in [-0.39, 0.29) is 18.0 Å².